The molecule has 2 amide bonds. The Morgan fingerprint density at radius 1 is 1.23 bits per heavy atom. The normalized spacial score (nSPS) is 16.3. The van der Waals surface area contributed by atoms with Crippen LogP contribution in [0.3, 0.4) is 0 Å². The van der Waals surface area contributed by atoms with Crippen LogP contribution in [-0.2, 0) is 10.0 Å². The quantitative estimate of drug-likeness (QED) is 0.671. The SMILES string of the molecule is CS(=O)(=O)NC(=O)c1cc(Cl)c(OC[C@H]2CCCN2C(=O)c2ccc(Cl)cc2)cc1F. The summed E-state index contributed by atoms with van der Waals surface area (Å²) in [7, 11) is -3.86. The molecular weight excluding hydrogens is 470 g/mol. The molecule has 1 heterocycles. The predicted octanol–water partition coefficient (Wildman–Crippen LogP) is 3.51. The fourth-order valence-electron chi connectivity index (χ4n) is 3.26. The van der Waals surface area contributed by atoms with Crippen molar-refractivity contribution in [3.05, 3.63) is 63.4 Å². The van der Waals surface area contributed by atoms with Gasteiger partial charge in [-0.25, -0.2) is 17.5 Å². The summed E-state index contributed by atoms with van der Waals surface area (Å²) < 4.78 is 44.0. The number of sulfonamides is 1. The van der Waals surface area contributed by atoms with Gasteiger partial charge in [0.15, 0.2) is 0 Å². The molecule has 7 nitrogen and oxygen atoms in total. The minimum absolute atomic E-state index is 0.0131. The van der Waals surface area contributed by atoms with Gasteiger partial charge in [-0.15, -0.1) is 0 Å². The second kappa shape index (κ2) is 9.42. The topological polar surface area (TPSA) is 92.8 Å². The smallest absolute Gasteiger partial charge is 0.267 e. The van der Waals surface area contributed by atoms with Gasteiger partial charge in [0.2, 0.25) is 10.0 Å². The average Bonchev–Trinajstić information content (AvgIpc) is 3.15. The zero-order valence-electron chi connectivity index (χ0n) is 16.4. The first-order chi connectivity index (χ1) is 14.5. The zero-order valence-corrected chi connectivity index (χ0v) is 18.7. The Labute approximate surface area is 189 Å². The minimum Gasteiger partial charge on any atom is -0.490 e. The van der Waals surface area contributed by atoms with Crippen molar-refractivity contribution in [3.63, 3.8) is 0 Å². The highest BCUT2D eigenvalue weighted by Gasteiger charge is 2.30. The van der Waals surface area contributed by atoms with Crippen LogP contribution >= 0.6 is 23.2 Å². The summed E-state index contributed by atoms with van der Waals surface area (Å²) in [6.07, 6.45) is 2.27. The minimum atomic E-state index is -3.86. The third-order valence-corrected chi connectivity index (χ3v) is 5.81. The molecule has 2 aromatic carbocycles. The monoisotopic (exact) mass is 488 g/mol. The van der Waals surface area contributed by atoms with Gasteiger partial charge in [0.25, 0.3) is 11.8 Å². The Morgan fingerprint density at radius 2 is 1.90 bits per heavy atom. The molecule has 3 rings (SSSR count). The molecule has 0 aromatic heterocycles. The van der Waals surface area contributed by atoms with Crippen molar-refractivity contribution in [2.45, 2.75) is 18.9 Å². The molecule has 1 atom stereocenters. The molecular formula is C20H19Cl2FN2O5S. The second-order valence-corrected chi connectivity index (χ2v) is 9.67. The summed E-state index contributed by atoms with van der Waals surface area (Å²) in [4.78, 5) is 26.4. The van der Waals surface area contributed by atoms with Gasteiger partial charge in [-0.2, -0.15) is 0 Å². The highest BCUT2D eigenvalue weighted by molar-refractivity contribution is 7.89. The molecule has 2 aromatic rings. The molecule has 11 heteroatoms. The van der Waals surface area contributed by atoms with Gasteiger partial charge in [0.1, 0.15) is 18.2 Å². The van der Waals surface area contributed by atoms with E-state index in [2.05, 4.69) is 0 Å². The van der Waals surface area contributed by atoms with E-state index in [9.17, 15) is 22.4 Å². The molecule has 0 saturated carbocycles. The van der Waals surface area contributed by atoms with E-state index >= 15 is 0 Å². The Bertz CT molecular complexity index is 1110. The Balaban J connectivity index is 1.70. The highest BCUT2D eigenvalue weighted by atomic mass is 35.5. The van der Waals surface area contributed by atoms with Crippen LogP contribution in [0, 0.1) is 5.82 Å². The fourth-order valence-corrected chi connectivity index (χ4v) is 4.05. The number of benzene rings is 2. The van der Waals surface area contributed by atoms with Gasteiger partial charge in [-0.1, -0.05) is 23.2 Å². The molecule has 1 aliphatic rings. The van der Waals surface area contributed by atoms with Gasteiger partial charge in [0, 0.05) is 23.2 Å². The van der Waals surface area contributed by atoms with E-state index in [0.29, 0.717) is 23.6 Å². The van der Waals surface area contributed by atoms with Crippen molar-refractivity contribution in [2.75, 3.05) is 19.4 Å². The largest absolute Gasteiger partial charge is 0.490 e. The lowest BCUT2D eigenvalue weighted by atomic mass is 10.1. The third-order valence-electron chi connectivity index (χ3n) is 4.70. The Hall–Kier alpha value is -2.36. The first-order valence-corrected chi connectivity index (χ1v) is 11.9. The lowest BCUT2D eigenvalue weighted by molar-refractivity contribution is 0.0691. The molecule has 1 fully saturated rings. The molecule has 1 N–H and O–H groups in total. The van der Waals surface area contributed by atoms with Crippen molar-refractivity contribution in [3.8, 4) is 5.75 Å². The number of carbonyl (C=O) groups excluding carboxylic acids is 2. The van der Waals surface area contributed by atoms with Gasteiger partial charge >= 0.3 is 0 Å². The van der Waals surface area contributed by atoms with Crippen molar-refractivity contribution in [2.24, 2.45) is 0 Å². The van der Waals surface area contributed by atoms with Crippen molar-refractivity contribution >= 4 is 45.0 Å². The van der Waals surface area contributed by atoms with Crippen LogP contribution in [0.15, 0.2) is 36.4 Å². The zero-order chi connectivity index (χ0) is 22.8. The number of hydrogen-bond acceptors (Lipinski definition) is 5. The number of rotatable bonds is 6. The van der Waals surface area contributed by atoms with E-state index in [1.54, 1.807) is 33.9 Å². The Morgan fingerprint density at radius 3 is 2.55 bits per heavy atom. The van der Waals surface area contributed by atoms with E-state index in [-0.39, 0.29) is 29.3 Å². The molecule has 1 saturated heterocycles. The van der Waals surface area contributed by atoms with Crippen molar-refractivity contribution < 1.29 is 27.1 Å². The summed E-state index contributed by atoms with van der Waals surface area (Å²) in [5, 5.41) is 0.469. The van der Waals surface area contributed by atoms with Crippen molar-refractivity contribution in [1.82, 2.24) is 9.62 Å². The highest BCUT2D eigenvalue weighted by Crippen LogP contribution is 2.29. The van der Waals surface area contributed by atoms with Crippen LogP contribution in [0.2, 0.25) is 10.0 Å². The lowest BCUT2D eigenvalue weighted by Crippen LogP contribution is -2.39. The summed E-state index contributed by atoms with van der Waals surface area (Å²) in [6.45, 7) is 0.634. The number of nitrogens with zero attached hydrogens (tertiary/aromatic N) is 1. The average molecular weight is 489 g/mol. The van der Waals surface area contributed by atoms with Crippen LogP contribution < -0.4 is 9.46 Å². The van der Waals surface area contributed by atoms with Crippen LogP contribution in [0.4, 0.5) is 4.39 Å². The number of likely N-dealkylation sites (tertiary alicyclic amines) is 1. The van der Waals surface area contributed by atoms with Crippen LogP contribution in [0.25, 0.3) is 0 Å². The number of ether oxygens (including phenoxy) is 1. The van der Waals surface area contributed by atoms with Gasteiger partial charge in [-0.05, 0) is 43.2 Å². The standard InChI is InChI=1S/C20H19Cl2FN2O5S/c1-31(28,29)24-19(26)15-9-16(22)18(10-17(15)23)30-11-14-3-2-8-25(14)20(27)12-4-6-13(21)7-5-12/h4-7,9-10,14H,2-3,8,11H2,1H3,(H,24,26)/t14-/m1/s1. The van der Waals surface area contributed by atoms with E-state index < -0.39 is 27.3 Å². The van der Waals surface area contributed by atoms with Crippen molar-refractivity contribution in [1.29, 1.82) is 0 Å². The van der Waals surface area contributed by atoms with Crippen LogP contribution in [-0.4, -0.2) is 50.6 Å². The molecule has 0 unspecified atom stereocenters. The Kier molecular flexibility index (Phi) is 7.08. The molecule has 166 valence electrons. The van der Waals surface area contributed by atoms with E-state index in [1.807, 2.05) is 0 Å². The maximum absolute atomic E-state index is 14.3. The summed E-state index contributed by atoms with van der Waals surface area (Å²) >= 11 is 12.0. The van der Waals surface area contributed by atoms with Crippen LogP contribution in [0.1, 0.15) is 33.6 Å². The summed E-state index contributed by atoms with van der Waals surface area (Å²) in [6, 6.07) is 8.25. The maximum atomic E-state index is 14.3. The second-order valence-electron chi connectivity index (χ2n) is 7.08. The van der Waals surface area contributed by atoms with Gasteiger partial charge < -0.3 is 9.64 Å². The molecule has 31 heavy (non-hydrogen) atoms. The fraction of sp³-hybridized carbons (Fsp3) is 0.300. The molecule has 0 spiro atoms. The number of carbonyl (C=O) groups is 2. The first kappa shape index (κ1) is 23.3. The summed E-state index contributed by atoms with van der Waals surface area (Å²) in [5.74, 6) is -2.29. The first-order valence-electron chi connectivity index (χ1n) is 9.25. The number of hydrogen-bond donors (Lipinski definition) is 1. The predicted molar refractivity (Wildman–Crippen MR) is 115 cm³/mol. The molecule has 1 aliphatic heterocycles. The lowest BCUT2D eigenvalue weighted by Gasteiger charge is -2.25. The molecule has 0 aliphatic carbocycles. The molecule has 0 radical (unpaired) electrons. The number of amides is 2. The van der Waals surface area contributed by atoms with Crippen LogP contribution in [0.5, 0.6) is 5.75 Å². The maximum Gasteiger partial charge on any atom is 0.267 e. The summed E-state index contributed by atoms with van der Waals surface area (Å²) in [5.41, 5.74) is -0.0233. The van der Waals surface area contributed by atoms with E-state index in [1.165, 1.54) is 0 Å². The number of nitrogens with one attached hydrogen (secondary N) is 1. The molecule has 0 bridgehead atoms. The number of halogens is 3. The van der Waals surface area contributed by atoms with E-state index in [4.69, 9.17) is 27.9 Å². The third kappa shape index (κ3) is 5.87. The van der Waals surface area contributed by atoms with Gasteiger partial charge in [0.05, 0.1) is 22.9 Å². The van der Waals surface area contributed by atoms with Gasteiger partial charge in [-0.3, -0.25) is 9.59 Å². The van der Waals surface area contributed by atoms with E-state index in [0.717, 1.165) is 24.8 Å².